The molecule has 0 heterocycles. The minimum absolute atomic E-state index is 0.0491. The van der Waals surface area contributed by atoms with Gasteiger partial charge in [0, 0.05) is 5.69 Å². The molecule has 174 valence electrons. The fourth-order valence-electron chi connectivity index (χ4n) is 3.49. The molecule has 0 saturated heterocycles. The molecule has 3 aromatic rings. The van der Waals surface area contributed by atoms with E-state index < -0.39 is 5.91 Å². The number of rotatable bonds is 8. The Morgan fingerprint density at radius 1 is 1.06 bits per heavy atom. The third-order valence-corrected chi connectivity index (χ3v) is 5.38. The third kappa shape index (κ3) is 6.40. The first-order valence-corrected chi connectivity index (χ1v) is 11.3. The lowest BCUT2D eigenvalue weighted by molar-refractivity contribution is -0.112. The highest BCUT2D eigenvalue weighted by atomic mass is 35.5. The van der Waals surface area contributed by atoms with Crippen LogP contribution in [0.1, 0.15) is 34.7 Å². The summed E-state index contributed by atoms with van der Waals surface area (Å²) in [6, 6.07) is 19.0. The maximum atomic E-state index is 12.7. The maximum Gasteiger partial charge on any atom is 0.266 e. The van der Waals surface area contributed by atoms with E-state index in [0.29, 0.717) is 41.0 Å². The Kier molecular flexibility index (Phi) is 8.34. The van der Waals surface area contributed by atoms with Gasteiger partial charge in [0.05, 0.1) is 11.6 Å². The van der Waals surface area contributed by atoms with Gasteiger partial charge in [0.2, 0.25) is 0 Å². The summed E-state index contributed by atoms with van der Waals surface area (Å²) in [5, 5.41) is 12.7. The topological polar surface area (TPSA) is 71.3 Å². The highest BCUT2D eigenvalue weighted by Crippen LogP contribution is 2.38. The van der Waals surface area contributed by atoms with Gasteiger partial charge in [-0.1, -0.05) is 59.1 Å². The molecule has 34 heavy (non-hydrogen) atoms. The lowest BCUT2D eigenvalue weighted by atomic mass is 10.1. The van der Waals surface area contributed by atoms with E-state index in [9.17, 15) is 10.1 Å². The number of hydrogen-bond acceptors (Lipinski definition) is 4. The molecule has 0 atom stereocenters. The monoisotopic (exact) mass is 474 g/mol. The minimum Gasteiger partial charge on any atom is -0.490 e. The molecule has 0 unspecified atom stereocenters. The van der Waals surface area contributed by atoms with E-state index in [4.69, 9.17) is 21.1 Å². The fourth-order valence-corrected chi connectivity index (χ4v) is 3.76. The number of nitriles is 1. The maximum absolute atomic E-state index is 12.7. The molecule has 6 heteroatoms. The van der Waals surface area contributed by atoms with Crippen LogP contribution < -0.4 is 14.8 Å². The van der Waals surface area contributed by atoms with Crippen LogP contribution in [0.3, 0.4) is 0 Å². The zero-order valence-corrected chi connectivity index (χ0v) is 20.5. The number of anilines is 1. The second kappa shape index (κ2) is 11.4. The predicted molar refractivity (Wildman–Crippen MR) is 136 cm³/mol. The van der Waals surface area contributed by atoms with Crippen molar-refractivity contribution in [3.63, 3.8) is 0 Å². The van der Waals surface area contributed by atoms with Crippen LogP contribution in [0.15, 0.2) is 60.2 Å². The van der Waals surface area contributed by atoms with Crippen LogP contribution in [-0.4, -0.2) is 12.5 Å². The van der Waals surface area contributed by atoms with Crippen LogP contribution in [0.4, 0.5) is 5.69 Å². The molecule has 0 fully saturated rings. The van der Waals surface area contributed by atoms with E-state index in [2.05, 4.69) is 5.32 Å². The first-order chi connectivity index (χ1) is 16.3. The molecule has 0 saturated carbocycles. The number of nitrogens with zero attached hydrogens (tertiary/aromatic N) is 1. The van der Waals surface area contributed by atoms with Crippen LogP contribution in [-0.2, 0) is 11.4 Å². The van der Waals surface area contributed by atoms with Crippen LogP contribution in [0.2, 0.25) is 5.02 Å². The number of amides is 1. The Bertz CT molecular complexity index is 1280. The molecular weight excluding hydrogens is 448 g/mol. The second-order valence-corrected chi connectivity index (χ2v) is 8.39. The first-order valence-electron chi connectivity index (χ1n) is 11.0. The van der Waals surface area contributed by atoms with Gasteiger partial charge in [0.25, 0.3) is 5.91 Å². The number of aryl methyl sites for hydroxylation is 3. The molecule has 1 amide bonds. The van der Waals surface area contributed by atoms with Gasteiger partial charge in [-0.25, -0.2) is 0 Å². The average Bonchev–Trinajstić information content (AvgIpc) is 2.79. The van der Waals surface area contributed by atoms with Crippen molar-refractivity contribution in [3.05, 3.63) is 93.0 Å². The lowest BCUT2D eigenvalue weighted by Crippen LogP contribution is -2.14. The van der Waals surface area contributed by atoms with E-state index >= 15 is 0 Å². The average molecular weight is 475 g/mol. The number of nitrogens with one attached hydrogen (secondary N) is 1. The first kappa shape index (κ1) is 24.9. The van der Waals surface area contributed by atoms with E-state index in [1.807, 2.05) is 76.2 Å². The van der Waals surface area contributed by atoms with Crippen molar-refractivity contribution in [2.45, 2.75) is 34.3 Å². The van der Waals surface area contributed by atoms with Gasteiger partial charge in [-0.05, 0) is 68.7 Å². The number of carbonyl (C=O) groups is 1. The molecule has 1 N–H and O–H groups in total. The highest BCUT2D eigenvalue weighted by Gasteiger charge is 2.15. The van der Waals surface area contributed by atoms with Crippen LogP contribution >= 0.6 is 11.6 Å². The quantitative estimate of drug-likeness (QED) is 0.288. The van der Waals surface area contributed by atoms with Crippen LogP contribution in [0, 0.1) is 32.1 Å². The zero-order chi connectivity index (χ0) is 24.7. The van der Waals surface area contributed by atoms with E-state index in [1.165, 1.54) is 6.08 Å². The predicted octanol–water partition coefficient (Wildman–Crippen LogP) is 6.79. The minimum atomic E-state index is -0.497. The molecule has 0 radical (unpaired) electrons. The van der Waals surface area contributed by atoms with E-state index in [1.54, 1.807) is 12.1 Å². The Balaban J connectivity index is 1.86. The molecule has 0 aliphatic carbocycles. The van der Waals surface area contributed by atoms with E-state index in [-0.39, 0.29) is 5.57 Å². The number of hydrogen-bond donors (Lipinski definition) is 1. The number of carbonyl (C=O) groups excluding carboxylic acids is 1. The van der Waals surface area contributed by atoms with Gasteiger partial charge in [0.15, 0.2) is 11.5 Å². The second-order valence-electron chi connectivity index (χ2n) is 7.98. The molecule has 0 spiro atoms. The van der Waals surface area contributed by atoms with E-state index in [0.717, 1.165) is 22.3 Å². The zero-order valence-electron chi connectivity index (χ0n) is 19.7. The summed E-state index contributed by atoms with van der Waals surface area (Å²) in [5.74, 6) is 0.365. The molecule has 0 bridgehead atoms. The number of benzene rings is 3. The number of ether oxygens (including phenoxy) is 2. The van der Waals surface area contributed by atoms with Gasteiger partial charge >= 0.3 is 0 Å². The summed E-state index contributed by atoms with van der Waals surface area (Å²) < 4.78 is 11.7. The summed E-state index contributed by atoms with van der Waals surface area (Å²) >= 11 is 6.52. The summed E-state index contributed by atoms with van der Waals surface area (Å²) in [7, 11) is 0. The van der Waals surface area contributed by atoms with Gasteiger partial charge < -0.3 is 14.8 Å². The number of halogens is 1. The summed E-state index contributed by atoms with van der Waals surface area (Å²) in [4.78, 5) is 12.7. The molecule has 0 aliphatic rings. The Morgan fingerprint density at radius 3 is 2.50 bits per heavy atom. The van der Waals surface area contributed by atoms with Gasteiger partial charge in [-0.3, -0.25) is 4.79 Å². The summed E-state index contributed by atoms with van der Waals surface area (Å²) in [6.07, 6.45) is 1.48. The summed E-state index contributed by atoms with van der Waals surface area (Å²) in [5.41, 5.74) is 5.33. The van der Waals surface area contributed by atoms with Crippen LogP contribution in [0.5, 0.6) is 11.5 Å². The van der Waals surface area contributed by atoms with Crippen molar-refractivity contribution in [1.29, 1.82) is 5.26 Å². The Labute approximate surface area is 205 Å². The Hall–Kier alpha value is -3.75. The van der Waals surface area contributed by atoms with Gasteiger partial charge in [-0.15, -0.1) is 0 Å². The van der Waals surface area contributed by atoms with Crippen molar-refractivity contribution in [3.8, 4) is 17.6 Å². The SMILES string of the molecule is CCOc1cc(/C=C(\C#N)C(=O)Nc2ccc(C)cc2C)cc(Cl)c1OCc1cccc(C)c1. The van der Waals surface area contributed by atoms with Crippen LogP contribution in [0.25, 0.3) is 6.08 Å². The molecule has 3 rings (SSSR count). The molecule has 0 aliphatic heterocycles. The molecular formula is C28H27ClN2O3. The molecule has 3 aromatic carbocycles. The van der Waals surface area contributed by atoms with Gasteiger partial charge in [-0.2, -0.15) is 5.26 Å². The van der Waals surface area contributed by atoms with Gasteiger partial charge in [0.1, 0.15) is 18.2 Å². The molecule has 0 aromatic heterocycles. The van der Waals surface area contributed by atoms with Crippen molar-refractivity contribution >= 4 is 29.3 Å². The highest BCUT2D eigenvalue weighted by molar-refractivity contribution is 6.32. The summed E-state index contributed by atoms with van der Waals surface area (Å²) in [6.45, 7) is 8.50. The smallest absolute Gasteiger partial charge is 0.266 e. The normalized spacial score (nSPS) is 11.0. The standard InChI is InChI=1S/C28H27ClN2O3/c1-5-33-26-15-22(14-24(29)27(26)34-17-21-8-6-7-18(2)12-21)13-23(16-30)28(32)31-25-10-9-19(3)11-20(25)4/h6-15H,5,17H2,1-4H3,(H,31,32)/b23-13+. The lowest BCUT2D eigenvalue weighted by Gasteiger charge is -2.15. The van der Waals surface area contributed by atoms with Crippen molar-refractivity contribution in [2.24, 2.45) is 0 Å². The van der Waals surface area contributed by atoms with Crippen molar-refractivity contribution < 1.29 is 14.3 Å². The van der Waals surface area contributed by atoms with Crippen molar-refractivity contribution in [1.82, 2.24) is 0 Å². The third-order valence-electron chi connectivity index (χ3n) is 5.10. The largest absolute Gasteiger partial charge is 0.490 e. The van der Waals surface area contributed by atoms with Crippen molar-refractivity contribution in [2.75, 3.05) is 11.9 Å². The Morgan fingerprint density at radius 2 is 1.82 bits per heavy atom. The fraction of sp³-hybridized carbons (Fsp3) is 0.214. The molecule has 5 nitrogen and oxygen atoms in total.